The minimum atomic E-state index is 0.0806. The highest BCUT2D eigenvalue weighted by molar-refractivity contribution is 8.01. The Labute approximate surface area is 128 Å². The monoisotopic (exact) mass is 302 g/mol. The minimum Gasteiger partial charge on any atom is -0.308 e. The number of hydrogen-bond donors (Lipinski definition) is 1. The van der Waals surface area contributed by atoms with Crippen molar-refractivity contribution in [1.29, 1.82) is 5.26 Å². The molecule has 0 aliphatic rings. The van der Waals surface area contributed by atoms with Crippen molar-refractivity contribution in [3.63, 3.8) is 0 Å². The molecule has 2 aromatic rings. The van der Waals surface area contributed by atoms with E-state index in [1.54, 1.807) is 23.1 Å². The highest BCUT2D eigenvalue weighted by Gasteiger charge is 2.10. The molecule has 0 saturated heterocycles. The normalized spacial score (nSPS) is 11.3. The fraction of sp³-hybridized carbons (Fsp3) is 0.312. The van der Waals surface area contributed by atoms with Crippen LogP contribution in [0.25, 0.3) is 0 Å². The standard InChI is InChI=1S/C16H18N2S2/c1-16(2,3)18-11-12-6-7-14(13(9-12)10-17)20-15-5-4-8-19-15/h4-9,18H,11H2,1-3H3. The first-order valence-corrected chi connectivity index (χ1v) is 8.17. The van der Waals surface area contributed by atoms with Crippen LogP contribution in [0.1, 0.15) is 31.9 Å². The van der Waals surface area contributed by atoms with Crippen LogP contribution in [0.4, 0.5) is 0 Å². The number of thiophene rings is 1. The molecule has 1 heterocycles. The number of nitrogens with one attached hydrogen (secondary N) is 1. The summed E-state index contributed by atoms with van der Waals surface area (Å²) in [6.07, 6.45) is 0. The third-order valence-corrected chi connectivity index (χ3v) is 4.81. The molecule has 0 saturated carbocycles. The Hall–Kier alpha value is -1.28. The van der Waals surface area contributed by atoms with Gasteiger partial charge in [0.15, 0.2) is 0 Å². The molecule has 1 aromatic carbocycles. The molecule has 0 atom stereocenters. The first-order valence-electron chi connectivity index (χ1n) is 6.47. The van der Waals surface area contributed by atoms with E-state index in [1.807, 2.05) is 18.2 Å². The predicted molar refractivity (Wildman–Crippen MR) is 86.2 cm³/mol. The number of benzene rings is 1. The highest BCUT2D eigenvalue weighted by Crippen LogP contribution is 2.33. The van der Waals surface area contributed by atoms with Gasteiger partial charge >= 0.3 is 0 Å². The van der Waals surface area contributed by atoms with Crippen molar-refractivity contribution in [1.82, 2.24) is 5.32 Å². The molecule has 0 radical (unpaired) electrons. The van der Waals surface area contributed by atoms with Gasteiger partial charge in [-0.1, -0.05) is 23.9 Å². The van der Waals surface area contributed by atoms with Crippen LogP contribution >= 0.6 is 23.1 Å². The van der Waals surface area contributed by atoms with Gasteiger partial charge in [-0.25, -0.2) is 0 Å². The lowest BCUT2D eigenvalue weighted by Crippen LogP contribution is -2.35. The second-order valence-electron chi connectivity index (χ2n) is 5.58. The number of nitriles is 1. The van der Waals surface area contributed by atoms with E-state index >= 15 is 0 Å². The molecule has 2 nitrogen and oxygen atoms in total. The van der Waals surface area contributed by atoms with Crippen LogP contribution in [-0.4, -0.2) is 5.54 Å². The molecule has 1 aromatic heterocycles. The number of rotatable bonds is 4. The van der Waals surface area contributed by atoms with E-state index in [9.17, 15) is 5.26 Å². The Morgan fingerprint density at radius 3 is 2.70 bits per heavy atom. The summed E-state index contributed by atoms with van der Waals surface area (Å²) in [6, 6.07) is 12.5. The minimum absolute atomic E-state index is 0.0806. The lowest BCUT2D eigenvalue weighted by atomic mass is 10.1. The Morgan fingerprint density at radius 2 is 2.10 bits per heavy atom. The smallest absolute Gasteiger partial charge is 0.100 e. The van der Waals surface area contributed by atoms with Gasteiger partial charge in [0.05, 0.1) is 9.77 Å². The largest absolute Gasteiger partial charge is 0.308 e. The van der Waals surface area contributed by atoms with Gasteiger partial charge in [-0.15, -0.1) is 11.3 Å². The van der Waals surface area contributed by atoms with Crippen molar-refractivity contribution < 1.29 is 0 Å². The maximum absolute atomic E-state index is 9.32. The molecule has 0 amide bonds. The summed E-state index contributed by atoms with van der Waals surface area (Å²) in [7, 11) is 0. The van der Waals surface area contributed by atoms with Crippen molar-refractivity contribution in [3.8, 4) is 6.07 Å². The fourth-order valence-electron chi connectivity index (χ4n) is 1.66. The first-order chi connectivity index (χ1) is 9.48. The van der Waals surface area contributed by atoms with E-state index < -0.39 is 0 Å². The summed E-state index contributed by atoms with van der Waals surface area (Å²) in [4.78, 5) is 1.02. The summed E-state index contributed by atoms with van der Waals surface area (Å²) in [6.45, 7) is 7.19. The van der Waals surface area contributed by atoms with E-state index in [2.05, 4.69) is 49.7 Å². The van der Waals surface area contributed by atoms with E-state index in [4.69, 9.17) is 0 Å². The van der Waals surface area contributed by atoms with Gasteiger partial charge in [0.2, 0.25) is 0 Å². The zero-order chi connectivity index (χ0) is 14.6. The Kier molecular flexibility index (Phi) is 4.87. The summed E-state index contributed by atoms with van der Waals surface area (Å²) in [5.41, 5.74) is 1.97. The number of nitrogens with zero attached hydrogens (tertiary/aromatic N) is 1. The van der Waals surface area contributed by atoms with E-state index in [-0.39, 0.29) is 5.54 Å². The van der Waals surface area contributed by atoms with Crippen molar-refractivity contribution >= 4 is 23.1 Å². The summed E-state index contributed by atoms with van der Waals surface area (Å²) in [5.74, 6) is 0. The van der Waals surface area contributed by atoms with Gasteiger partial charge in [0.1, 0.15) is 6.07 Å². The van der Waals surface area contributed by atoms with Crippen LogP contribution in [0.3, 0.4) is 0 Å². The third kappa shape index (κ3) is 4.38. The zero-order valence-electron chi connectivity index (χ0n) is 11.9. The van der Waals surface area contributed by atoms with Gasteiger partial charge in [-0.2, -0.15) is 5.26 Å². The third-order valence-electron chi connectivity index (χ3n) is 2.69. The Bertz CT molecular complexity index is 604. The summed E-state index contributed by atoms with van der Waals surface area (Å²) >= 11 is 3.35. The maximum Gasteiger partial charge on any atom is 0.100 e. The van der Waals surface area contributed by atoms with Gasteiger partial charge in [0, 0.05) is 17.0 Å². The molecule has 0 unspecified atom stereocenters. The van der Waals surface area contributed by atoms with Crippen molar-refractivity contribution in [2.45, 2.75) is 42.0 Å². The first kappa shape index (κ1) is 15.1. The molecule has 104 valence electrons. The summed E-state index contributed by atoms with van der Waals surface area (Å²) in [5, 5.41) is 14.8. The van der Waals surface area contributed by atoms with Crippen LogP contribution in [0.2, 0.25) is 0 Å². The molecule has 20 heavy (non-hydrogen) atoms. The van der Waals surface area contributed by atoms with E-state index in [1.165, 1.54) is 4.21 Å². The predicted octanol–water partition coefficient (Wildman–Crippen LogP) is 4.66. The number of hydrogen-bond acceptors (Lipinski definition) is 4. The lowest BCUT2D eigenvalue weighted by molar-refractivity contribution is 0.424. The molecular weight excluding hydrogens is 284 g/mol. The lowest BCUT2D eigenvalue weighted by Gasteiger charge is -2.20. The van der Waals surface area contributed by atoms with Gasteiger partial charge in [-0.3, -0.25) is 0 Å². The van der Waals surface area contributed by atoms with Crippen molar-refractivity contribution in [2.24, 2.45) is 0 Å². The van der Waals surface area contributed by atoms with Crippen LogP contribution in [0.15, 0.2) is 44.8 Å². The molecule has 1 N–H and O–H groups in total. The second kappa shape index (κ2) is 6.45. The van der Waals surface area contributed by atoms with Gasteiger partial charge in [0.25, 0.3) is 0 Å². The van der Waals surface area contributed by atoms with E-state index in [0.717, 1.165) is 22.6 Å². The van der Waals surface area contributed by atoms with Gasteiger partial charge in [-0.05, 0) is 49.9 Å². The molecule has 2 rings (SSSR count). The topological polar surface area (TPSA) is 35.8 Å². The molecular formula is C16H18N2S2. The SMILES string of the molecule is CC(C)(C)NCc1ccc(Sc2cccs2)c(C#N)c1. The molecule has 0 spiro atoms. The Morgan fingerprint density at radius 1 is 1.30 bits per heavy atom. The Balaban J connectivity index is 2.14. The molecule has 0 aliphatic carbocycles. The van der Waals surface area contributed by atoms with Crippen LogP contribution in [0, 0.1) is 11.3 Å². The molecule has 0 aliphatic heterocycles. The fourth-order valence-corrected chi connectivity index (χ4v) is 3.45. The summed E-state index contributed by atoms with van der Waals surface area (Å²) < 4.78 is 1.21. The van der Waals surface area contributed by atoms with Crippen molar-refractivity contribution in [3.05, 3.63) is 46.8 Å². The molecule has 4 heteroatoms. The quantitative estimate of drug-likeness (QED) is 0.892. The average Bonchev–Trinajstić information content (AvgIpc) is 2.89. The molecule has 0 bridgehead atoms. The van der Waals surface area contributed by atoms with Gasteiger partial charge < -0.3 is 5.32 Å². The van der Waals surface area contributed by atoms with Crippen LogP contribution in [-0.2, 0) is 6.54 Å². The zero-order valence-corrected chi connectivity index (χ0v) is 13.6. The maximum atomic E-state index is 9.32. The van der Waals surface area contributed by atoms with Crippen LogP contribution in [0.5, 0.6) is 0 Å². The average molecular weight is 302 g/mol. The van der Waals surface area contributed by atoms with Crippen molar-refractivity contribution in [2.75, 3.05) is 0 Å². The highest BCUT2D eigenvalue weighted by atomic mass is 32.2. The van der Waals surface area contributed by atoms with Crippen LogP contribution < -0.4 is 5.32 Å². The second-order valence-corrected chi connectivity index (χ2v) is 7.87. The van der Waals surface area contributed by atoms with E-state index in [0.29, 0.717) is 0 Å². The molecule has 0 fully saturated rings.